The Balaban J connectivity index is 1.79. The Morgan fingerprint density at radius 3 is 2.67 bits per heavy atom. The van der Waals surface area contributed by atoms with Crippen LogP contribution in [0.15, 0.2) is 59.2 Å². The summed E-state index contributed by atoms with van der Waals surface area (Å²) in [5.74, 6) is -0.332. The van der Waals surface area contributed by atoms with Crippen molar-refractivity contribution < 1.29 is 19.0 Å². The van der Waals surface area contributed by atoms with Gasteiger partial charge in [0.15, 0.2) is 5.69 Å². The number of aromatic nitrogens is 3. The lowest BCUT2D eigenvalue weighted by Gasteiger charge is -2.15. The highest BCUT2D eigenvalue weighted by Crippen LogP contribution is 2.28. The number of halogens is 1. The summed E-state index contributed by atoms with van der Waals surface area (Å²) in [6.45, 7) is 3.96. The Morgan fingerprint density at radius 2 is 1.97 bits per heavy atom. The molecule has 0 saturated heterocycles. The van der Waals surface area contributed by atoms with E-state index in [2.05, 4.69) is 25.9 Å². The highest BCUT2D eigenvalue weighted by atomic mass is 79.9. The van der Waals surface area contributed by atoms with E-state index < -0.39 is 5.97 Å². The fourth-order valence-electron chi connectivity index (χ4n) is 3.71. The fraction of sp³-hybridized carbons (Fsp3) is 0.240. The minimum absolute atomic E-state index is 0.00405. The standard InChI is InChI=1S/C25H24BrN3O4/c1-15(2)11-22-23(33-25(30)16-7-5-4-6-8-16)28-21(24(32-3)29(22)31)12-17-14-27-20-10-9-18(26)13-19(17)20/h4-10,13-15,27H,11-12H2,1-3H3. The smallest absolute Gasteiger partial charge is 0.402 e. The highest BCUT2D eigenvalue weighted by Gasteiger charge is 2.29. The first-order valence-corrected chi connectivity index (χ1v) is 11.4. The predicted octanol–water partition coefficient (Wildman–Crippen LogP) is 4.98. The Morgan fingerprint density at radius 1 is 1.21 bits per heavy atom. The third-order valence-corrected chi connectivity index (χ3v) is 5.73. The zero-order valence-corrected chi connectivity index (χ0v) is 20.2. The molecule has 170 valence electrons. The van der Waals surface area contributed by atoms with E-state index in [0.717, 1.165) is 20.9 Å². The molecule has 0 radical (unpaired) electrons. The molecule has 2 heterocycles. The monoisotopic (exact) mass is 509 g/mol. The number of carbonyl (C=O) groups excluding carboxylic acids is 1. The summed E-state index contributed by atoms with van der Waals surface area (Å²) >= 11 is 3.50. The number of fused-ring (bicyclic) bond motifs is 1. The molecule has 0 amide bonds. The number of rotatable bonds is 7. The van der Waals surface area contributed by atoms with Crippen molar-refractivity contribution in [2.45, 2.75) is 26.7 Å². The molecule has 2 aromatic heterocycles. The number of ether oxygens (including phenoxy) is 2. The Labute approximate surface area is 200 Å². The van der Waals surface area contributed by atoms with E-state index in [-0.39, 0.29) is 23.4 Å². The summed E-state index contributed by atoms with van der Waals surface area (Å²) in [4.78, 5) is 20.6. The normalized spacial score (nSPS) is 11.2. The molecule has 4 aromatic rings. The van der Waals surface area contributed by atoms with Crippen LogP contribution in [0.1, 0.15) is 41.2 Å². The lowest BCUT2D eigenvalue weighted by Crippen LogP contribution is -2.37. The van der Waals surface area contributed by atoms with Crippen LogP contribution in [-0.2, 0) is 12.8 Å². The molecule has 0 unspecified atom stereocenters. The molecular weight excluding hydrogens is 486 g/mol. The van der Waals surface area contributed by atoms with Crippen LogP contribution in [0, 0.1) is 11.1 Å². The number of H-pyrrole nitrogens is 1. The molecule has 0 saturated carbocycles. The van der Waals surface area contributed by atoms with E-state index in [4.69, 9.17) is 9.47 Å². The number of benzene rings is 2. The van der Waals surface area contributed by atoms with Crippen LogP contribution in [0.5, 0.6) is 11.8 Å². The van der Waals surface area contributed by atoms with Gasteiger partial charge in [0.2, 0.25) is 0 Å². The van der Waals surface area contributed by atoms with Crippen LogP contribution in [0.3, 0.4) is 0 Å². The first-order chi connectivity index (χ1) is 15.9. The van der Waals surface area contributed by atoms with Gasteiger partial charge in [0.05, 0.1) is 12.7 Å². The van der Waals surface area contributed by atoms with Crippen LogP contribution < -0.4 is 14.2 Å². The molecule has 0 spiro atoms. The van der Waals surface area contributed by atoms with Gasteiger partial charge >= 0.3 is 11.8 Å². The van der Waals surface area contributed by atoms with Crippen molar-refractivity contribution in [3.8, 4) is 11.8 Å². The second kappa shape index (κ2) is 9.62. The molecule has 0 bridgehead atoms. The molecule has 7 nitrogen and oxygen atoms in total. The molecule has 0 atom stereocenters. The molecular formula is C25H24BrN3O4. The Bertz CT molecular complexity index is 1300. The lowest BCUT2D eigenvalue weighted by molar-refractivity contribution is -0.622. The van der Waals surface area contributed by atoms with Crippen molar-refractivity contribution in [1.82, 2.24) is 9.97 Å². The van der Waals surface area contributed by atoms with E-state index >= 15 is 0 Å². The second-order valence-corrected chi connectivity index (χ2v) is 9.06. The predicted molar refractivity (Wildman–Crippen MR) is 128 cm³/mol. The van der Waals surface area contributed by atoms with Crippen molar-refractivity contribution >= 4 is 32.8 Å². The molecule has 0 fully saturated rings. The van der Waals surface area contributed by atoms with E-state index in [1.54, 1.807) is 24.3 Å². The van der Waals surface area contributed by atoms with Crippen molar-refractivity contribution in [3.63, 3.8) is 0 Å². The van der Waals surface area contributed by atoms with Gasteiger partial charge in [-0.15, -0.1) is 4.73 Å². The third kappa shape index (κ3) is 4.85. The summed E-state index contributed by atoms with van der Waals surface area (Å²) in [6.07, 6.45) is 2.58. The van der Waals surface area contributed by atoms with Gasteiger partial charge in [-0.05, 0) is 41.8 Å². The minimum atomic E-state index is -0.569. The SMILES string of the molecule is COc1c(Cc2c[nH]c3ccc(Br)cc23)nc(OC(=O)c2ccccc2)c(CC(C)C)[n+]1[O-]. The minimum Gasteiger partial charge on any atom is -0.616 e. The Hall–Kier alpha value is -3.39. The maximum absolute atomic E-state index is 13.3. The van der Waals surface area contributed by atoms with Gasteiger partial charge in [0.1, 0.15) is 0 Å². The number of nitrogens with zero attached hydrogens (tertiary/aromatic N) is 2. The topological polar surface area (TPSA) is 91.2 Å². The molecule has 1 N–H and O–H groups in total. The van der Waals surface area contributed by atoms with Crippen LogP contribution in [-0.4, -0.2) is 23.0 Å². The van der Waals surface area contributed by atoms with Crippen molar-refractivity contribution in [3.05, 3.63) is 86.9 Å². The maximum Gasteiger partial charge on any atom is 0.402 e. The molecule has 8 heteroatoms. The number of carbonyl (C=O) groups is 1. The van der Waals surface area contributed by atoms with Crippen molar-refractivity contribution in [2.24, 2.45) is 5.92 Å². The number of hydrogen-bond acceptors (Lipinski definition) is 5. The van der Waals surface area contributed by atoms with E-state index in [0.29, 0.717) is 28.8 Å². The number of esters is 1. The van der Waals surface area contributed by atoms with Crippen LogP contribution >= 0.6 is 15.9 Å². The lowest BCUT2D eigenvalue weighted by atomic mass is 10.1. The number of hydrogen-bond donors (Lipinski definition) is 1. The van der Waals surface area contributed by atoms with Gasteiger partial charge in [0.25, 0.3) is 11.6 Å². The molecule has 4 rings (SSSR count). The van der Waals surface area contributed by atoms with Crippen LogP contribution in [0.2, 0.25) is 0 Å². The summed E-state index contributed by atoms with van der Waals surface area (Å²) in [5, 5.41) is 14.3. The third-order valence-electron chi connectivity index (χ3n) is 5.24. The summed E-state index contributed by atoms with van der Waals surface area (Å²) in [5.41, 5.74) is 2.93. The average Bonchev–Trinajstić information content (AvgIpc) is 3.18. The van der Waals surface area contributed by atoms with E-state index in [9.17, 15) is 10.0 Å². The quantitative estimate of drug-likeness (QED) is 0.215. The van der Waals surface area contributed by atoms with Crippen LogP contribution in [0.25, 0.3) is 10.9 Å². The van der Waals surface area contributed by atoms with Gasteiger partial charge < -0.3 is 19.7 Å². The number of nitrogens with one attached hydrogen (secondary N) is 1. The largest absolute Gasteiger partial charge is 0.616 e. The first kappa shape index (κ1) is 22.8. The Kier molecular flexibility index (Phi) is 6.65. The summed E-state index contributed by atoms with van der Waals surface area (Å²) in [7, 11) is 1.44. The molecule has 0 aliphatic rings. The zero-order chi connectivity index (χ0) is 23.5. The summed E-state index contributed by atoms with van der Waals surface area (Å²) in [6, 6.07) is 14.6. The number of methoxy groups -OCH3 is 1. The number of aromatic amines is 1. The molecule has 2 aromatic carbocycles. The van der Waals surface area contributed by atoms with Gasteiger partial charge in [0, 0.05) is 34.4 Å². The van der Waals surface area contributed by atoms with E-state index in [1.165, 1.54) is 7.11 Å². The van der Waals surface area contributed by atoms with Gasteiger partial charge in [-0.25, -0.2) is 9.78 Å². The van der Waals surface area contributed by atoms with E-state index in [1.807, 2.05) is 44.3 Å². The molecule has 0 aliphatic heterocycles. The highest BCUT2D eigenvalue weighted by molar-refractivity contribution is 9.10. The molecule has 0 aliphatic carbocycles. The fourth-order valence-corrected chi connectivity index (χ4v) is 4.08. The van der Waals surface area contributed by atoms with Crippen molar-refractivity contribution in [2.75, 3.05) is 7.11 Å². The van der Waals surface area contributed by atoms with Crippen molar-refractivity contribution in [1.29, 1.82) is 0 Å². The summed E-state index contributed by atoms with van der Waals surface area (Å²) < 4.78 is 12.7. The zero-order valence-electron chi connectivity index (χ0n) is 18.6. The average molecular weight is 510 g/mol. The van der Waals surface area contributed by atoms with Crippen LogP contribution in [0.4, 0.5) is 0 Å². The van der Waals surface area contributed by atoms with Gasteiger partial charge in [-0.2, -0.15) is 0 Å². The maximum atomic E-state index is 13.3. The molecule has 33 heavy (non-hydrogen) atoms. The first-order valence-electron chi connectivity index (χ1n) is 10.6. The second-order valence-electron chi connectivity index (χ2n) is 8.15. The van der Waals surface area contributed by atoms with Gasteiger partial charge in [-0.1, -0.05) is 48.0 Å². The van der Waals surface area contributed by atoms with Gasteiger partial charge in [-0.3, -0.25) is 0 Å².